The van der Waals surface area contributed by atoms with Crippen LogP contribution in [0, 0.1) is 0 Å². The van der Waals surface area contributed by atoms with E-state index < -0.39 is 6.04 Å². The maximum absolute atomic E-state index is 11.6. The maximum atomic E-state index is 11.6. The molecule has 24 heavy (non-hydrogen) atoms. The summed E-state index contributed by atoms with van der Waals surface area (Å²) < 4.78 is 0. The van der Waals surface area contributed by atoms with E-state index in [1.807, 2.05) is 17.5 Å². The van der Waals surface area contributed by atoms with Crippen LogP contribution in [-0.2, 0) is 16.0 Å². The molecule has 0 saturated carbocycles. The Morgan fingerprint density at radius 2 is 2.00 bits per heavy atom. The molecule has 6 nitrogen and oxygen atoms in total. The quantitative estimate of drug-likeness (QED) is 0.669. The third kappa shape index (κ3) is 5.43. The number of carbonyl (C=O) groups excluding carboxylic acids is 2. The van der Waals surface area contributed by atoms with E-state index in [1.54, 1.807) is 6.92 Å². The number of hydrogen-bond acceptors (Lipinski definition) is 5. The van der Waals surface area contributed by atoms with Crippen molar-refractivity contribution in [2.24, 2.45) is 5.73 Å². The molecule has 0 aliphatic heterocycles. The van der Waals surface area contributed by atoms with E-state index in [9.17, 15) is 9.59 Å². The molecule has 2 aromatic rings. The van der Waals surface area contributed by atoms with Crippen molar-refractivity contribution in [1.82, 2.24) is 10.3 Å². The fraction of sp³-hybridized carbons (Fsp3) is 0.353. The lowest BCUT2D eigenvalue weighted by Gasteiger charge is -2.04. The molecule has 0 radical (unpaired) electrons. The van der Waals surface area contributed by atoms with Gasteiger partial charge in [0.2, 0.25) is 11.8 Å². The van der Waals surface area contributed by atoms with Gasteiger partial charge in [0.25, 0.3) is 0 Å². The second-order valence-corrected chi connectivity index (χ2v) is 6.46. The number of nitrogens with one attached hydrogen (secondary N) is 2. The second kappa shape index (κ2) is 8.56. The first-order chi connectivity index (χ1) is 11.5. The van der Waals surface area contributed by atoms with Gasteiger partial charge in [0, 0.05) is 24.4 Å². The molecule has 0 fully saturated rings. The minimum atomic E-state index is -0.561. The van der Waals surface area contributed by atoms with Gasteiger partial charge in [-0.1, -0.05) is 24.3 Å². The molecule has 0 spiro atoms. The minimum Gasteiger partial charge on any atom is -0.356 e. The van der Waals surface area contributed by atoms with E-state index in [-0.39, 0.29) is 11.8 Å². The lowest BCUT2D eigenvalue weighted by molar-refractivity contribution is -0.119. The lowest BCUT2D eigenvalue weighted by Crippen LogP contribution is -2.32. The topological polar surface area (TPSA) is 97.1 Å². The van der Waals surface area contributed by atoms with Gasteiger partial charge in [-0.15, -0.1) is 11.3 Å². The average Bonchev–Trinajstić information content (AvgIpc) is 3.00. The van der Waals surface area contributed by atoms with Gasteiger partial charge in [-0.05, 0) is 25.3 Å². The monoisotopic (exact) mass is 346 g/mol. The number of benzene rings is 1. The molecular weight excluding hydrogens is 324 g/mol. The highest BCUT2D eigenvalue weighted by Crippen LogP contribution is 2.25. The Kier molecular flexibility index (Phi) is 6.45. The fourth-order valence-electron chi connectivity index (χ4n) is 2.08. The smallest absolute Gasteiger partial charge is 0.242 e. The molecule has 1 atom stereocenters. The number of anilines is 1. The molecule has 0 aliphatic rings. The number of carbonyl (C=O) groups is 2. The Bertz CT molecular complexity index is 695. The number of hydrogen-bond donors (Lipinski definition) is 3. The van der Waals surface area contributed by atoms with Crippen molar-refractivity contribution in [2.75, 3.05) is 11.9 Å². The molecule has 7 heteroatoms. The van der Waals surface area contributed by atoms with Crippen molar-refractivity contribution in [2.45, 2.75) is 32.7 Å². The Labute approximate surface area is 145 Å². The summed E-state index contributed by atoms with van der Waals surface area (Å²) in [7, 11) is 0. The van der Waals surface area contributed by atoms with Crippen LogP contribution in [0.1, 0.15) is 25.8 Å². The number of aryl methyl sites for hydroxylation is 1. The van der Waals surface area contributed by atoms with E-state index >= 15 is 0 Å². The van der Waals surface area contributed by atoms with Crippen LogP contribution in [0.25, 0.3) is 11.3 Å². The van der Waals surface area contributed by atoms with E-state index in [0.717, 1.165) is 24.1 Å². The predicted octanol–water partition coefficient (Wildman–Crippen LogP) is 2.16. The van der Waals surface area contributed by atoms with Gasteiger partial charge in [0.1, 0.15) is 0 Å². The van der Waals surface area contributed by atoms with Gasteiger partial charge in [0.15, 0.2) is 5.13 Å². The van der Waals surface area contributed by atoms with E-state index in [0.29, 0.717) is 11.7 Å². The van der Waals surface area contributed by atoms with Gasteiger partial charge >= 0.3 is 0 Å². The van der Waals surface area contributed by atoms with Gasteiger partial charge < -0.3 is 16.4 Å². The molecule has 4 N–H and O–H groups in total. The van der Waals surface area contributed by atoms with Crippen LogP contribution in [0.4, 0.5) is 5.13 Å². The van der Waals surface area contributed by atoms with Crippen LogP contribution in [0.5, 0.6) is 0 Å². The largest absolute Gasteiger partial charge is 0.356 e. The SMILES string of the molecule is CC(=O)NCCCc1ccc(-c2csc(NC(=O)[C@H](C)N)n2)cc1. The van der Waals surface area contributed by atoms with Crippen molar-refractivity contribution < 1.29 is 9.59 Å². The molecule has 1 aromatic heterocycles. The highest BCUT2D eigenvalue weighted by molar-refractivity contribution is 7.14. The zero-order chi connectivity index (χ0) is 17.5. The highest BCUT2D eigenvalue weighted by Gasteiger charge is 2.11. The van der Waals surface area contributed by atoms with Gasteiger partial charge in [-0.3, -0.25) is 9.59 Å². The van der Waals surface area contributed by atoms with Crippen molar-refractivity contribution in [1.29, 1.82) is 0 Å². The standard InChI is InChI=1S/C17H22N4O2S/c1-11(18)16(23)21-17-20-15(10-24-17)14-7-5-13(6-8-14)4-3-9-19-12(2)22/h5-8,10-11H,3-4,9,18H2,1-2H3,(H,19,22)(H,20,21,23)/t11-/m0/s1. The molecular formula is C17H22N4O2S. The summed E-state index contributed by atoms with van der Waals surface area (Å²) >= 11 is 1.38. The maximum Gasteiger partial charge on any atom is 0.242 e. The predicted molar refractivity (Wildman–Crippen MR) is 96.8 cm³/mol. The first-order valence-corrected chi connectivity index (χ1v) is 8.69. The van der Waals surface area contributed by atoms with Crippen LogP contribution in [0.15, 0.2) is 29.6 Å². The zero-order valence-corrected chi connectivity index (χ0v) is 14.7. The summed E-state index contributed by atoms with van der Waals surface area (Å²) in [6.45, 7) is 3.84. The summed E-state index contributed by atoms with van der Waals surface area (Å²) in [6.07, 6.45) is 1.82. The zero-order valence-electron chi connectivity index (χ0n) is 13.8. The average molecular weight is 346 g/mol. The summed E-state index contributed by atoms with van der Waals surface area (Å²) in [4.78, 5) is 26.8. The summed E-state index contributed by atoms with van der Waals surface area (Å²) in [5.41, 5.74) is 8.56. The van der Waals surface area contributed by atoms with Crippen molar-refractivity contribution in [3.63, 3.8) is 0 Å². The summed E-state index contributed by atoms with van der Waals surface area (Å²) in [5.74, 6) is -0.244. The van der Waals surface area contributed by atoms with Crippen LogP contribution < -0.4 is 16.4 Å². The third-order valence-electron chi connectivity index (χ3n) is 3.41. The van der Waals surface area contributed by atoms with Crippen molar-refractivity contribution >= 4 is 28.3 Å². The van der Waals surface area contributed by atoms with Crippen LogP contribution in [0.3, 0.4) is 0 Å². The number of rotatable bonds is 7. The van der Waals surface area contributed by atoms with Crippen LogP contribution in [0.2, 0.25) is 0 Å². The first-order valence-electron chi connectivity index (χ1n) is 7.81. The molecule has 0 aliphatic carbocycles. The minimum absolute atomic E-state index is 0.000745. The fourth-order valence-corrected chi connectivity index (χ4v) is 2.80. The Balaban J connectivity index is 1.92. The van der Waals surface area contributed by atoms with E-state index in [4.69, 9.17) is 5.73 Å². The molecule has 0 unspecified atom stereocenters. The number of aromatic nitrogens is 1. The molecule has 0 saturated heterocycles. The second-order valence-electron chi connectivity index (χ2n) is 5.60. The first kappa shape index (κ1) is 18.1. The highest BCUT2D eigenvalue weighted by atomic mass is 32.1. The van der Waals surface area contributed by atoms with Gasteiger partial charge in [0.05, 0.1) is 11.7 Å². The number of nitrogens with zero attached hydrogens (tertiary/aromatic N) is 1. The van der Waals surface area contributed by atoms with Crippen molar-refractivity contribution in [3.8, 4) is 11.3 Å². The van der Waals surface area contributed by atoms with Gasteiger partial charge in [-0.2, -0.15) is 0 Å². The Morgan fingerprint density at radius 3 is 2.62 bits per heavy atom. The normalized spacial score (nSPS) is 11.8. The molecule has 2 amide bonds. The Morgan fingerprint density at radius 1 is 1.29 bits per heavy atom. The van der Waals surface area contributed by atoms with Crippen LogP contribution >= 0.6 is 11.3 Å². The van der Waals surface area contributed by atoms with E-state index in [1.165, 1.54) is 23.8 Å². The summed E-state index contributed by atoms with van der Waals surface area (Å²) in [6, 6.07) is 7.58. The third-order valence-corrected chi connectivity index (χ3v) is 4.17. The number of thiazole rings is 1. The van der Waals surface area contributed by atoms with Gasteiger partial charge in [-0.25, -0.2) is 4.98 Å². The molecule has 0 bridgehead atoms. The molecule has 2 rings (SSSR count). The number of amides is 2. The Hall–Kier alpha value is -2.25. The van der Waals surface area contributed by atoms with E-state index in [2.05, 4.69) is 27.8 Å². The van der Waals surface area contributed by atoms with Crippen molar-refractivity contribution in [3.05, 3.63) is 35.2 Å². The number of nitrogens with two attached hydrogens (primary N) is 1. The molecule has 1 aromatic carbocycles. The lowest BCUT2D eigenvalue weighted by atomic mass is 10.1. The molecule has 1 heterocycles. The molecule has 128 valence electrons. The summed E-state index contributed by atoms with van der Waals surface area (Å²) in [5, 5.41) is 7.94. The van der Waals surface area contributed by atoms with Crippen LogP contribution in [-0.4, -0.2) is 29.4 Å².